The maximum atomic E-state index is 11.4. The highest BCUT2D eigenvalue weighted by Crippen LogP contribution is 2.12. The van der Waals surface area contributed by atoms with Crippen molar-refractivity contribution in [2.24, 2.45) is 0 Å². The van der Waals surface area contributed by atoms with Crippen molar-refractivity contribution >= 4 is 30.0 Å². The van der Waals surface area contributed by atoms with E-state index in [1.54, 1.807) is 0 Å². The first-order chi connectivity index (χ1) is 8.43. The smallest absolute Gasteiger partial charge is 0.317 e. The van der Waals surface area contributed by atoms with E-state index in [4.69, 9.17) is 4.74 Å². The molecule has 0 N–H and O–H groups in total. The van der Waals surface area contributed by atoms with Gasteiger partial charge in [0.05, 0.1) is 0 Å². The van der Waals surface area contributed by atoms with Gasteiger partial charge in [-0.1, -0.05) is 65.6 Å². The van der Waals surface area contributed by atoms with Crippen LogP contribution in [0.3, 0.4) is 0 Å². The minimum absolute atomic E-state index is 0.209. The normalized spacial score (nSPS) is 12.2. The lowest BCUT2D eigenvalue weighted by molar-refractivity contribution is -0.140. The molecule has 0 saturated carbocycles. The van der Waals surface area contributed by atoms with Crippen LogP contribution in [0.1, 0.15) is 5.56 Å². The number of benzene rings is 1. The van der Waals surface area contributed by atoms with E-state index < -0.39 is 8.07 Å². The van der Waals surface area contributed by atoms with E-state index in [1.165, 1.54) is 0 Å². The molecule has 2 nitrogen and oxygen atoms in total. The first-order valence-corrected chi connectivity index (χ1v) is 10.5. The highest BCUT2D eigenvalue weighted by molar-refractivity contribution is 9.09. The Kier molecular flexibility index (Phi) is 5.64. The first-order valence-electron chi connectivity index (χ1n) is 5.75. The lowest BCUT2D eigenvalue weighted by Crippen LogP contribution is -2.41. The Bertz CT molecular complexity index is 454. The number of ether oxygens (including phenoxy) is 1. The van der Waals surface area contributed by atoms with Crippen molar-refractivity contribution in [1.29, 1.82) is 0 Å². The number of carbonyl (C=O) groups is 1. The molecular formula is C14H17BrO2Si. The number of esters is 1. The van der Waals surface area contributed by atoms with Gasteiger partial charge in [-0.2, -0.15) is 0 Å². The molecule has 0 spiro atoms. The molecule has 4 heteroatoms. The largest absolute Gasteiger partial charge is 0.453 e. The maximum Gasteiger partial charge on any atom is 0.317 e. The van der Waals surface area contributed by atoms with Crippen molar-refractivity contribution < 1.29 is 9.53 Å². The van der Waals surface area contributed by atoms with Gasteiger partial charge >= 0.3 is 5.97 Å². The molecule has 96 valence electrons. The zero-order valence-corrected chi connectivity index (χ0v) is 13.5. The van der Waals surface area contributed by atoms with Gasteiger partial charge in [-0.05, 0) is 12.1 Å². The molecule has 0 fully saturated rings. The molecule has 0 bridgehead atoms. The second-order valence-electron chi connectivity index (χ2n) is 5.00. The molecule has 0 radical (unpaired) electrons. The van der Waals surface area contributed by atoms with Crippen LogP contribution in [0.4, 0.5) is 0 Å². The monoisotopic (exact) mass is 324 g/mol. The standard InChI is InChI=1S/C14H17BrO2Si/c1-18(2,3)14(17-13(16)11-15)10-9-12-7-5-4-6-8-12/h4-8,14H,11H2,1-3H3. The van der Waals surface area contributed by atoms with Crippen LogP contribution in [0.25, 0.3) is 0 Å². The van der Waals surface area contributed by atoms with E-state index in [0.29, 0.717) is 0 Å². The van der Waals surface area contributed by atoms with E-state index in [0.717, 1.165) is 5.56 Å². The van der Waals surface area contributed by atoms with Crippen molar-refractivity contribution in [3.05, 3.63) is 35.9 Å². The van der Waals surface area contributed by atoms with Gasteiger partial charge in [0.25, 0.3) is 0 Å². The molecule has 0 amide bonds. The van der Waals surface area contributed by atoms with Crippen LogP contribution in [0, 0.1) is 11.8 Å². The summed E-state index contributed by atoms with van der Waals surface area (Å²) >= 11 is 3.10. The lowest BCUT2D eigenvalue weighted by atomic mass is 10.2. The van der Waals surface area contributed by atoms with Gasteiger partial charge in [-0.3, -0.25) is 4.79 Å². The van der Waals surface area contributed by atoms with E-state index in [1.807, 2.05) is 30.3 Å². The van der Waals surface area contributed by atoms with Crippen molar-refractivity contribution in [3.8, 4) is 11.8 Å². The van der Waals surface area contributed by atoms with Crippen LogP contribution in [0.5, 0.6) is 0 Å². The number of hydrogen-bond acceptors (Lipinski definition) is 2. The minimum atomic E-state index is -1.66. The number of carbonyl (C=O) groups excluding carboxylic acids is 1. The van der Waals surface area contributed by atoms with Crippen LogP contribution in [-0.4, -0.2) is 25.1 Å². The molecule has 0 saturated heterocycles. The van der Waals surface area contributed by atoms with Gasteiger partial charge in [-0.25, -0.2) is 0 Å². The predicted molar refractivity (Wildman–Crippen MR) is 80.3 cm³/mol. The molecule has 1 atom stereocenters. The Labute approximate surface area is 118 Å². The highest BCUT2D eigenvalue weighted by atomic mass is 79.9. The van der Waals surface area contributed by atoms with Crippen molar-refractivity contribution in [1.82, 2.24) is 0 Å². The quantitative estimate of drug-likeness (QED) is 0.369. The molecule has 0 aliphatic carbocycles. The number of alkyl halides is 1. The Morgan fingerprint density at radius 3 is 2.44 bits per heavy atom. The predicted octanol–water partition coefficient (Wildman–Crippen LogP) is 3.22. The van der Waals surface area contributed by atoms with Gasteiger partial charge in [-0.15, -0.1) is 0 Å². The number of halogens is 1. The van der Waals surface area contributed by atoms with Crippen LogP contribution in [0.2, 0.25) is 19.6 Å². The second kappa shape index (κ2) is 6.77. The van der Waals surface area contributed by atoms with E-state index >= 15 is 0 Å². The van der Waals surface area contributed by atoms with Gasteiger partial charge in [0, 0.05) is 5.56 Å². The van der Waals surface area contributed by atoms with E-state index in [-0.39, 0.29) is 17.0 Å². The SMILES string of the molecule is C[Si](C)(C)C(C#Cc1ccccc1)OC(=O)CBr. The van der Waals surface area contributed by atoms with E-state index in [2.05, 4.69) is 47.4 Å². The van der Waals surface area contributed by atoms with Gasteiger partial charge in [0.2, 0.25) is 0 Å². The molecule has 1 aromatic carbocycles. The summed E-state index contributed by atoms with van der Waals surface area (Å²) < 4.78 is 5.39. The van der Waals surface area contributed by atoms with Crippen LogP contribution in [-0.2, 0) is 9.53 Å². The average molecular weight is 325 g/mol. The Balaban J connectivity index is 2.86. The van der Waals surface area contributed by atoms with Crippen LogP contribution >= 0.6 is 15.9 Å². The zero-order chi connectivity index (χ0) is 13.6. The molecule has 0 heterocycles. The summed E-state index contributed by atoms with van der Waals surface area (Å²) in [6, 6.07) is 9.73. The Morgan fingerprint density at radius 2 is 1.94 bits per heavy atom. The summed E-state index contributed by atoms with van der Waals surface area (Å²) in [5.41, 5.74) is 0.665. The summed E-state index contributed by atoms with van der Waals surface area (Å²) in [6.45, 7) is 6.41. The van der Waals surface area contributed by atoms with Crippen LogP contribution in [0.15, 0.2) is 30.3 Å². The highest BCUT2D eigenvalue weighted by Gasteiger charge is 2.28. The van der Waals surface area contributed by atoms with Gasteiger partial charge in [0.15, 0.2) is 0 Å². The van der Waals surface area contributed by atoms with E-state index in [9.17, 15) is 4.79 Å². The molecule has 1 unspecified atom stereocenters. The summed E-state index contributed by atoms with van der Waals surface area (Å²) in [4.78, 5) is 11.4. The molecule has 18 heavy (non-hydrogen) atoms. The third-order valence-corrected chi connectivity index (χ3v) is 4.56. The molecule has 1 aromatic rings. The first kappa shape index (κ1) is 15.0. The number of rotatable bonds is 3. The van der Waals surface area contributed by atoms with Crippen molar-refractivity contribution in [3.63, 3.8) is 0 Å². The lowest BCUT2D eigenvalue weighted by Gasteiger charge is -2.23. The summed E-state index contributed by atoms with van der Waals surface area (Å²) in [7, 11) is -1.66. The minimum Gasteiger partial charge on any atom is -0.453 e. The summed E-state index contributed by atoms with van der Waals surface area (Å²) in [6.07, 6.45) is 0. The van der Waals surface area contributed by atoms with Gasteiger partial charge in [0.1, 0.15) is 19.1 Å². The average Bonchev–Trinajstić information content (AvgIpc) is 2.34. The fourth-order valence-corrected chi connectivity index (χ4v) is 2.38. The molecular weight excluding hydrogens is 308 g/mol. The topological polar surface area (TPSA) is 26.3 Å². The maximum absolute atomic E-state index is 11.4. The Hall–Kier alpha value is -1.05. The zero-order valence-electron chi connectivity index (χ0n) is 10.9. The molecule has 1 rings (SSSR count). The fraction of sp³-hybridized carbons (Fsp3) is 0.357. The Morgan fingerprint density at radius 1 is 1.33 bits per heavy atom. The fourth-order valence-electron chi connectivity index (χ4n) is 1.26. The second-order valence-corrected chi connectivity index (χ2v) is 10.8. The van der Waals surface area contributed by atoms with Crippen LogP contribution < -0.4 is 0 Å². The summed E-state index contributed by atoms with van der Waals surface area (Å²) in [5.74, 6) is 5.90. The third kappa shape index (κ3) is 5.07. The molecule has 0 aromatic heterocycles. The molecule has 0 aliphatic rings. The van der Waals surface area contributed by atoms with Crippen molar-refractivity contribution in [2.45, 2.75) is 25.4 Å². The molecule has 0 aliphatic heterocycles. The van der Waals surface area contributed by atoms with Gasteiger partial charge < -0.3 is 4.74 Å². The summed E-state index contributed by atoms with van der Waals surface area (Å²) in [5, 5.41) is 0.209. The third-order valence-electron chi connectivity index (χ3n) is 2.27. The number of hydrogen-bond donors (Lipinski definition) is 0. The van der Waals surface area contributed by atoms with Crippen molar-refractivity contribution in [2.75, 3.05) is 5.33 Å².